The molecule has 0 saturated carbocycles. The van der Waals surface area contributed by atoms with Crippen molar-refractivity contribution in [3.8, 4) is 0 Å². The van der Waals surface area contributed by atoms with Crippen molar-refractivity contribution >= 4 is 23.2 Å². The van der Waals surface area contributed by atoms with Crippen molar-refractivity contribution in [1.29, 1.82) is 0 Å². The number of rotatable bonds is 6. The Labute approximate surface area is 165 Å². The quantitative estimate of drug-likeness (QED) is 0.568. The van der Waals surface area contributed by atoms with Gasteiger partial charge in [-0.15, -0.1) is 0 Å². The number of nitro groups is 1. The lowest BCUT2D eigenvalue weighted by molar-refractivity contribution is -0.384. The highest BCUT2D eigenvalue weighted by Crippen LogP contribution is 2.36. The summed E-state index contributed by atoms with van der Waals surface area (Å²) in [6, 6.07) is 2.42. The summed E-state index contributed by atoms with van der Waals surface area (Å²) in [5.74, 6) is -0.678. The van der Waals surface area contributed by atoms with Crippen LogP contribution in [0.25, 0.3) is 0 Å². The van der Waals surface area contributed by atoms with Crippen LogP contribution in [0.3, 0.4) is 0 Å². The Balaban J connectivity index is 2.01. The van der Waals surface area contributed by atoms with E-state index in [2.05, 4.69) is 5.32 Å². The number of benzene rings is 1. The number of carbonyl (C=O) groups excluding carboxylic acids is 2. The largest absolute Gasteiger partial charge is 0.416 e. The van der Waals surface area contributed by atoms with Crippen molar-refractivity contribution in [2.24, 2.45) is 5.92 Å². The Morgan fingerprint density at radius 3 is 2.38 bits per heavy atom. The number of anilines is 1. The minimum absolute atomic E-state index is 0.0835. The van der Waals surface area contributed by atoms with Crippen LogP contribution in [0.5, 0.6) is 0 Å². The van der Waals surface area contributed by atoms with E-state index < -0.39 is 22.4 Å². The molecule has 11 heteroatoms. The number of nitrogens with one attached hydrogen (secondary N) is 1. The van der Waals surface area contributed by atoms with Crippen LogP contribution in [0.1, 0.15) is 25.8 Å². The van der Waals surface area contributed by atoms with Gasteiger partial charge in [0.05, 0.1) is 17.0 Å². The van der Waals surface area contributed by atoms with E-state index in [-0.39, 0.29) is 56.1 Å². The second kappa shape index (κ2) is 9.10. The van der Waals surface area contributed by atoms with Gasteiger partial charge in [-0.3, -0.25) is 19.7 Å². The van der Waals surface area contributed by atoms with Gasteiger partial charge >= 0.3 is 6.18 Å². The average Bonchev–Trinajstić information content (AvgIpc) is 2.70. The van der Waals surface area contributed by atoms with Crippen molar-refractivity contribution in [3.05, 3.63) is 33.9 Å². The van der Waals surface area contributed by atoms with Crippen LogP contribution in [0, 0.1) is 16.0 Å². The molecular weight excluding hydrogens is 393 g/mol. The molecule has 1 aromatic carbocycles. The summed E-state index contributed by atoms with van der Waals surface area (Å²) >= 11 is 0. The number of nitrogens with zero attached hydrogens (tertiary/aromatic N) is 3. The van der Waals surface area contributed by atoms with Crippen LogP contribution in [-0.2, 0) is 15.8 Å². The fourth-order valence-corrected chi connectivity index (χ4v) is 2.94. The van der Waals surface area contributed by atoms with Gasteiger partial charge in [-0.05, 0) is 18.6 Å². The van der Waals surface area contributed by atoms with Crippen molar-refractivity contribution < 1.29 is 27.7 Å². The Kier molecular flexibility index (Phi) is 7.04. The molecule has 1 N–H and O–H groups in total. The molecule has 2 amide bonds. The van der Waals surface area contributed by atoms with E-state index in [4.69, 9.17) is 0 Å². The van der Waals surface area contributed by atoms with Gasteiger partial charge in [0.15, 0.2) is 0 Å². The maximum absolute atomic E-state index is 12.8. The maximum Gasteiger partial charge on any atom is 0.416 e. The molecule has 0 aromatic heterocycles. The smallest absolute Gasteiger partial charge is 0.362 e. The van der Waals surface area contributed by atoms with Crippen molar-refractivity contribution in [2.75, 3.05) is 37.6 Å². The molecule has 0 spiro atoms. The predicted octanol–water partition coefficient (Wildman–Crippen LogP) is 2.42. The summed E-state index contributed by atoms with van der Waals surface area (Å²) in [5, 5.41) is 13.8. The van der Waals surface area contributed by atoms with Crippen molar-refractivity contribution in [1.82, 2.24) is 10.2 Å². The van der Waals surface area contributed by atoms with Crippen LogP contribution < -0.4 is 10.2 Å². The van der Waals surface area contributed by atoms with E-state index in [0.29, 0.717) is 12.5 Å². The number of hydrogen-bond donors (Lipinski definition) is 1. The fourth-order valence-electron chi connectivity index (χ4n) is 2.94. The number of carbonyl (C=O) groups is 2. The van der Waals surface area contributed by atoms with E-state index in [1.807, 2.05) is 6.92 Å². The predicted molar refractivity (Wildman–Crippen MR) is 99.4 cm³/mol. The van der Waals surface area contributed by atoms with E-state index in [1.165, 1.54) is 4.90 Å². The molecule has 1 fully saturated rings. The van der Waals surface area contributed by atoms with Crippen LogP contribution in [0.15, 0.2) is 18.2 Å². The van der Waals surface area contributed by atoms with Crippen molar-refractivity contribution in [3.63, 3.8) is 0 Å². The maximum atomic E-state index is 12.8. The molecule has 1 aliphatic heterocycles. The molecule has 0 bridgehead atoms. The lowest BCUT2D eigenvalue weighted by Crippen LogP contribution is -2.51. The number of halogens is 3. The first kappa shape index (κ1) is 22.4. The van der Waals surface area contributed by atoms with Crippen molar-refractivity contribution in [2.45, 2.75) is 26.4 Å². The highest BCUT2D eigenvalue weighted by atomic mass is 19.4. The second-order valence-electron chi connectivity index (χ2n) is 6.85. The molecule has 1 unspecified atom stereocenters. The van der Waals surface area contributed by atoms with Crippen LogP contribution in [0.2, 0.25) is 0 Å². The third-order valence-electron chi connectivity index (χ3n) is 4.95. The third-order valence-corrected chi connectivity index (χ3v) is 4.95. The van der Waals surface area contributed by atoms with Gasteiger partial charge in [0.25, 0.3) is 5.69 Å². The molecule has 29 heavy (non-hydrogen) atoms. The van der Waals surface area contributed by atoms with Crippen LogP contribution >= 0.6 is 0 Å². The minimum atomic E-state index is -4.67. The Bertz CT molecular complexity index is 777. The Morgan fingerprint density at radius 1 is 1.24 bits per heavy atom. The molecular formula is C18H23F3N4O4. The van der Waals surface area contributed by atoms with Crippen LogP contribution in [0.4, 0.5) is 24.5 Å². The summed E-state index contributed by atoms with van der Waals surface area (Å²) in [7, 11) is 0. The molecule has 1 heterocycles. The number of piperazine rings is 1. The normalized spacial score (nSPS) is 15.8. The molecule has 1 saturated heterocycles. The third kappa shape index (κ3) is 5.58. The number of alkyl halides is 3. The number of hydrogen-bond acceptors (Lipinski definition) is 5. The lowest BCUT2D eigenvalue weighted by Gasteiger charge is -2.36. The molecule has 8 nitrogen and oxygen atoms in total. The monoisotopic (exact) mass is 416 g/mol. The summed E-state index contributed by atoms with van der Waals surface area (Å²) in [5.41, 5.74) is -1.63. The second-order valence-corrected chi connectivity index (χ2v) is 6.85. The Hall–Kier alpha value is -2.85. The lowest BCUT2D eigenvalue weighted by atomic mass is 10.1. The van der Waals surface area contributed by atoms with E-state index >= 15 is 0 Å². The molecule has 0 radical (unpaired) electrons. The van der Waals surface area contributed by atoms with E-state index in [9.17, 15) is 32.9 Å². The van der Waals surface area contributed by atoms with Gasteiger partial charge in [0.2, 0.25) is 11.8 Å². The zero-order valence-corrected chi connectivity index (χ0v) is 16.2. The molecule has 1 aliphatic rings. The highest BCUT2D eigenvalue weighted by Gasteiger charge is 2.34. The summed E-state index contributed by atoms with van der Waals surface area (Å²) in [6.45, 7) is 4.45. The van der Waals surface area contributed by atoms with E-state index in [1.54, 1.807) is 11.8 Å². The Morgan fingerprint density at radius 2 is 1.86 bits per heavy atom. The summed E-state index contributed by atoms with van der Waals surface area (Å²) in [6.07, 6.45) is -4.02. The number of nitro benzene ring substituents is 1. The standard InChI is InChI=1S/C18H23F3N4O4/c1-3-12(2)17(27)22-11-16(26)24-8-6-23(7-9-24)14-5-4-13(18(19,20)21)10-15(14)25(28)29/h4-5,10,12H,3,6-9,11H2,1-2H3,(H,22,27). The van der Waals surface area contributed by atoms with Gasteiger partial charge in [-0.25, -0.2) is 0 Å². The first-order chi connectivity index (χ1) is 13.5. The SMILES string of the molecule is CCC(C)C(=O)NCC(=O)N1CCN(c2ccc(C(F)(F)F)cc2[N+](=O)[O-])CC1. The zero-order valence-electron chi connectivity index (χ0n) is 16.2. The molecule has 2 rings (SSSR count). The topological polar surface area (TPSA) is 95.8 Å². The average molecular weight is 416 g/mol. The van der Waals surface area contributed by atoms with E-state index in [0.717, 1.165) is 12.1 Å². The first-order valence-electron chi connectivity index (χ1n) is 9.20. The fraction of sp³-hybridized carbons (Fsp3) is 0.556. The summed E-state index contributed by atoms with van der Waals surface area (Å²) < 4.78 is 38.5. The van der Waals surface area contributed by atoms with Gasteiger partial charge < -0.3 is 15.1 Å². The molecule has 0 aliphatic carbocycles. The molecule has 160 valence electrons. The van der Waals surface area contributed by atoms with Gasteiger partial charge in [0.1, 0.15) is 5.69 Å². The minimum Gasteiger partial charge on any atom is -0.362 e. The number of amides is 2. The first-order valence-corrected chi connectivity index (χ1v) is 9.20. The molecule has 1 aromatic rings. The molecule has 1 atom stereocenters. The summed E-state index contributed by atoms with van der Waals surface area (Å²) in [4.78, 5) is 37.5. The zero-order chi connectivity index (χ0) is 21.8. The van der Waals surface area contributed by atoms with Gasteiger partial charge in [-0.1, -0.05) is 13.8 Å². The van der Waals surface area contributed by atoms with Gasteiger partial charge in [0, 0.05) is 38.2 Å². The highest BCUT2D eigenvalue weighted by molar-refractivity contribution is 5.85. The van der Waals surface area contributed by atoms with Crippen LogP contribution in [-0.4, -0.2) is 54.4 Å². The van der Waals surface area contributed by atoms with Gasteiger partial charge in [-0.2, -0.15) is 13.2 Å².